The van der Waals surface area contributed by atoms with E-state index in [0.29, 0.717) is 49.1 Å². The first-order valence-electron chi connectivity index (χ1n) is 8.67. The number of non-ortho nitro benzene ring substituents is 1. The summed E-state index contributed by atoms with van der Waals surface area (Å²) in [6, 6.07) is 8.39. The smallest absolute Gasteiger partial charge is 0.270 e. The topological polar surface area (TPSA) is 75.9 Å². The van der Waals surface area contributed by atoms with Gasteiger partial charge in [-0.2, -0.15) is 0 Å². The highest BCUT2D eigenvalue weighted by atomic mass is 35.5. The number of hydrogen-bond donors (Lipinski definition) is 0. The number of halogens is 2. The summed E-state index contributed by atoms with van der Waals surface area (Å²) in [5, 5.41) is 11.3. The first kappa shape index (κ1) is 20.0. The Morgan fingerprint density at radius 3 is 2.57 bits per heavy atom. The maximum absolute atomic E-state index is 13.9. The van der Waals surface area contributed by atoms with E-state index in [9.17, 15) is 19.3 Å². The molecule has 1 heterocycles. The summed E-state index contributed by atoms with van der Waals surface area (Å²) in [5.74, 6) is -0.421. The fraction of sp³-hybridized carbons (Fsp3) is 0.316. The summed E-state index contributed by atoms with van der Waals surface area (Å²) in [7, 11) is 1.51. The van der Waals surface area contributed by atoms with E-state index in [-0.39, 0.29) is 11.3 Å². The summed E-state index contributed by atoms with van der Waals surface area (Å²) in [4.78, 5) is 26.8. The van der Waals surface area contributed by atoms with Crippen LogP contribution in [0.25, 0.3) is 0 Å². The van der Waals surface area contributed by atoms with E-state index < -0.39 is 16.6 Å². The average Bonchev–Trinajstić information content (AvgIpc) is 2.69. The molecule has 0 saturated carbocycles. The highest BCUT2D eigenvalue weighted by Crippen LogP contribution is 2.26. The Morgan fingerprint density at radius 2 is 1.93 bits per heavy atom. The van der Waals surface area contributed by atoms with E-state index in [0.717, 1.165) is 0 Å². The molecule has 0 aromatic heterocycles. The lowest BCUT2D eigenvalue weighted by atomic mass is 10.1. The van der Waals surface area contributed by atoms with Gasteiger partial charge in [0.2, 0.25) is 0 Å². The number of piperazine rings is 1. The Morgan fingerprint density at radius 1 is 1.21 bits per heavy atom. The van der Waals surface area contributed by atoms with Gasteiger partial charge < -0.3 is 9.64 Å². The van der Waals surface area contributed by atoms with E-state index in [2.05, 4.69) is 4.90 Å². The molecule has 148 valence electrons. The van der Waals surface area contributed by atoms with Crippen LogP contribution in [0.15, 0.2) is 36.4 Å². The van der Waals surface area contributed by atoms with Gasteiger partial charge in [-0.05, 0) is 24.3 Å². The van der Waals surface area contributed by atoms with Gasteiger partial charge in [0.25, 0.3) is 11.6 Å². The zero-order chi connectivity index (χ0) is 20.3. The fourth-order valence-electron chi connectivity index (χ4n) is 3.18. The van der Waals surface area contributed by atoms with Crippen LogP contribution in [0.4, 0.5) is 10.1 Å². The minimum absolute atomic E-state index is 0.000968. The third kappa shape index (κ3) is 4.40. The number of methoxy groups -OCH3 is 1. The van der Waals surface area contributed by atoms with Gasteiger partial charge in [-0.15, -0.1) is 0 Å². The largest absolute Gasteiger partial charge is 0.496 e. The van der Waals surface area contributed by atoms with Crippen molar-refractivity contribution in [3.8, 4) is 5.75 Å². The molecule has 1 aliphatic heterocycles. The maximum Gasteiger partial charge on any atom is 0.270 e. The van der Waals surface area contributed by atoms with Crippen molar-refractivity contribution in [3.63, 3.8) is 0 Å². The molecule has 9 heteroatoms. The van der Waals surface area contributed by atoms with Crippen molar-refractivity contribution in [2.24, 2.45) is 0 Å². The Labute approximate surface area is 166 Å². The van der Waals surface area contributed by atoms with Gasteiger partial charge in [-0.3, -0.25) is 19.8 Å². The molecule has 2 aromatic carbocycles. The van der Waals surface area contributed by atoms with Crippen molar-refractivity contribution in [1.29, 1.82) is 0 Å². The number of amides is 1. The zero-order valence-corrected chi connectivity index (χ0v) is 16.0. The molecule has 2 aromatic rings. The van der Waals surface area contributed by atoms with Crippen LogP contribution in [-0.2, 0) is 6.54 Å². The molecule has 0 spiro atoms. The van der Waals surface area contributed by atoms with E-state index in [1.54, 1.807) is 11.0 Å². The minimum Gasteiger partial charge on any atom is -0.496 e. The van der Waals surface area contributed by atoms with Gasteiger partial charge in [0.1, 0.15) is 11.6 Å². The van der Waals surface area contributed by atoms with E-state index in [4.69, 9.17) is 16.3 Å². The number of benzene rings is 2. The lowest BCUT2D eigenvalue weighted by molar-refractivity contribution is -0.385. The summed E-state index contributed by atoms with van der Waals surface area (Å²) in [6.45, 7) is 2.40. The Balaban J connectivity index is 1.66. The highest BCUT2D eigenvalue weighted by molar-refractivity contribution is 6.31. The van der Waals surface area contributed by atoms with Gasteiger partial charge in [0, 0.05) is 55.4 Å². The Bertz CT molecular complexity index is 901. The fourth-order valence-corrected chi connectivity index (χ4v) is 3.36. The molecular weight excluding hydrogens is 389 g/mol. The number of hydrogen-bond acceptors (Lipinski definition) is 5. The highest BCUT2D eigenvalue weighted by Gasteiger charge is 2.25. The van der Waals surface area contributed by atoms with Crippen molar-refractivity contribution < 1.29 is 18.8 Å². The predicted octanol–water partition coefficient (Wildman–Crippen LogP) is 3.35. The predicted molar refractivity (Wildman–Crippen MR) is 102 cm³/mol. The number of nitrogens with zero attached hydrogens (tertiary/aromatic N) is 3. The molecule has 0 N–H and O–H groups in total. The minimum atomic E-state index is -0.599. The molecule has 1 fully saturated rings. The molecule has 3 rings (SSSR count). The second-order valence-electron chi connectivity index (χ2n) is 6.45. The van der Waals surface area contributed by atoms with E-state index in [1.165, 1.54) is 37.4 Å². The number of nitro benzene ring substituents is 1. The van der Waals surface area contributed by atoms with Crippen molar-refractivity contribution in [1.82, 2.24) is 9.80 Å². The number of carbonyl (C=O) groups excluding carboxylic acids is 1. The molecule has 7 nitrogen and oxygen atoms in total. The summed E-state index contributed by atoms with van der Waals surface area (Å²) in [5.41, 5.74) is 0.666. The number of nitro groups is 1. The molecular formula is C19H19ClFN3O4. The normalized spacial score (nSPS) is 14.8. The van der Waals surface area contributed by atoms with Crippen molar-refractivity contribution >= 4 is 23.2 Å². The molecule has 1 saturated heterocycles. The van der Waals surface area contributed by atoms with Crippen LogP contribution >= 0.6 is 11.6 Å². The van der Waals surface area contributed by atoms with Crippen LogP contribution in [-0.4, -0.2) is 53.9 Å². The Kier molecular flexibility index (Phi) is 6.11. The lowest BCUT2D eigenvalue weighted by Crippen LogP contribution is -2.48. The van der Waals surface area contributed by atoms with Gasteiger partial charge in [0.05, 0.1) is 17.6 Å². The zero-order valence-electron chi connectivity index (χ0n) is 15.2. The van der Waals surface area contributed by atoms with Crippen LogP contribution in [0.5, 0.6) is 5.75 Å². The molecule has 0 atom stereocenters. The van der Waals surface area contributed by atoms with Gasteiger partial charge in [0.15, 0.2) is 0 Å². The first-order chi connectivity index (χ1) is 13.4. The summed E-state index contributed by atoms with van der Waals surface area (Å²) < 4.78 is 19.2. The lowest BCUT2D eigenvalue weighted by Gasteiger charge is -2.35. The molecule has 0 unspecified atom stereocenters. The summed E-state index contributed by atoms with van der Waals surface area (Å²) >= 11 is 5.87. The second-order valence-corrected chi connectivity index (χ2v) is 6.88. The third-order valence-corrected chi connectivity index (χ3v) is 4.92. The second kappa shape index (κ2) is 8.53. The van der Waals surface area contributed by atoms with Crippen LogP contribution in [0.3, 0.4) is 0 Å². The van der Waals surface area contributed by atoms with Crippen molar-refractivity contribution in [2.45, 2.75) is 6.54 Å². The van der Waals surface area contributed by atoms with Crippen molar-refractivity contribution in [3.05, 3.63) is 68.5 Å². The molecule has 1 aliphatic rings. The molecule has 0 bridgehead atoms. The van der Waals surface area contributed by atoms with E-state index >= 15 is 0 Å². The quantitative estimate of drug-likeness (QED) is 0.561. The number of carbonyl (C=O) groups is 1. The SMILES string of the molecule is COc1ccc([N+](=O)[O-])cc1CN1CCN(C(=O)c2cc(Cl)ccc2F)CC1. The van der Waals surface area contributed by atoms with Crippen LogP contribution < -0.4 is 4.74 Å². The molecule has 1 amide bonds. The molecule has 0 aliphatic carbocycles. The van der Waals surface area contributed by atoms with Gasteiger partial charge in [-0.1, -0.05) is 11.6 Å². The van der Waals surface area contributed by atoms with Gasteiger partial charge in [-0.25, -0.2) is 4.39 Å². The van der Waals surface area contributed by atoms with Crippen LogP contribution in [0.2, 0.25) is 5.02 Å². The van der Waals surface area contributed by atoms with Gasteiger partial charge >= 0.3 is 0 Å². The average molecular weight is 408 g/mol. The summed E-state index contributed by atoms with van der Waals surface area (Å²) in [6.07, 6.45) is 0. The number of rotatable bonds is 5. The first-order valence-corrected chi connectivity index (χ1v) is 9.05. The van der Waals surface area contributed by atoms with Crippen LogP contribution in [0.1, 0.15) is 15.9 Å². The monoisotopic (exact) mass is 407 g/mol. The third-order valence-electron chi connectivity index (χ3n) is 4.69. The van der Waals surface area contributed by atoms with E-state index in [1.807, 2.05) is 0 Å². The Hall–Kier alpha value is -2.71. The van der Waals surface area contributed by atoms with Crippen LogP contribution in [0, 0.1) is 15.9 Å². The maximum atomic E-state index is 13.9. The molecule has 28 heavy (non-hydrogen) atoms. The standard InChI is InChI=1S/C19H19ClFN3O4/c1-28-18-5-3-15(24(26)27)10-13(18)12-22-6-8-23(9-7-22)19(25)16-11-14(20)2-4-17(16)21/h2-5,10-11H,6-9,12H2,1H3. The number of ether oxygens (including phenoxy) is 1. The van der Waals surface area contributed by atoms with Crippen molar-refractivity contribution in [2.75, 3.05) is 33.3 Å². The molecule has 0 radical (unpaired) electrons.